The summed E-state index contributed by atoms with van der Waals surface area (Å²) in [4.78, 5) is 16.5. The van der Waals surface area contributed by atoms with Gasteiger partial charge in [0.05, 0.1) is 19.2 Å². The third-order valence-electron chi connectivity index (χ3n) is 3.51. The van der Waals surface area contributed by atoms with Crippen LogP contribution in [0.5, 0.6) is 5.75 Å². The van der Waals surface area contributed by atoms with E-state index < -0.39 is 6.10 Å². The van der Waals surface area contributed by atoms with Crippen molar-refractivity contribution in [2.75, 3.05) is 7.11 Å². The first-order valence-electron chi connectivity index (χ1n) is 6.79. The van der Waals surface area contributed by atoms with Crippen molar-refractivity contribution < 1.29 is 14.6 Å². The van der Waals surface area contributed by atoms with E-state index >= 15 is 0 Å². The number of aliphatic hydroxyl groups excluding tert-OH is 1. The van der Waals surface area contributed by atoms with Crippen LogP contribution in [0.4, 0.5) is 0 Å². The second-order valence-corrected chi connectivity index (χ2v) is 5.00. The summed E-state index contributed by atoms with van der Waals surface area (Å²) in [5.74, 6) is 0.463. The van der Waals surface area contributed by atoms with Gasteiger partial charge >= 0.3 is 0 Å². The molecule has 2 aromatic rings. The highest BCUT2D eigenvalue weighted by Gasteiger charge is 2.20. The first-order chi connectivity index (χ1) is 10.0. The average Bonchev–Trinajstić information content (AvgIpc) is 2.50. The Labute approximate surface area is 124 Å². The second kappa shape index (κ2) is 6.50. The fraction of sp³-hybridized carbons (Fsp3) is 0.294. The van der Waals surface area contributed by atoms with Gasteiger partial charge < -0.3 is 9.84 Å². The number of ketones is 1. The lowest BCUT2D eigenvalue weighted by Gasteiger charge is -2.14. The number of hydrogen-bond acceptors (Lipinski definition) is 4. The lowest BCUT2D eigenvalue weighted by molar-refractivity contribution is -0.126. The van der Waals surface area contributed by atoms with Crippen LogP contribution in [0.3, 0.4) is 0 Å². The smallest absolute Gasteiger partial charge is 0.171 e. The van der Waals surface area contributed by atoms with Gasteiger partial charge in [0, 0.05) is 17.3 Å². The lowest BCUT2D eigenvalue weighted by atomic mass is 10.00. The molecule has 4 nitrogen and oxygen atoms in total. The van der Waals surface area contributed by atoms with Crippen molar-refractivity contribution in [3.05, 3.63) is 58.9 Å². The maximum absolute atomic E-state index is 12.2. The van der Waals surface area contributed by atoms with Crippen molar-refractivity contribution in [3.8, 4) is 5.75 Å². The number of carbonyl (C=O) groups is 1. The Bertz CT molecular complexity index is 638. The van der Waals surface area contributed by atoms with Crippen LogP contribution < -0.4 is 4.74 Å². The van der Waals surface area contributed by atoms with Gasteiger partial charge in [0.25, 0.3) is 0 Å². The van der Waals surface area contributed by atoms with E-state index in [0.29, 0.717) is 11.3 Å². The Balaban J connectivity index is 2.21. The molecule has 1 aromatic carbocycles. The fourth-order valence-electron chi connectivity index (χ4n) is 2.33. The summed E-state index contributed by atoms with van der Waals surface area (Å²) in [7, 11) is 1.60. The SMILES string of the molecule is COc1c(C)cnc(CC(=O)C(O)c2ccccc2)c1C. The highest BCUT2D eigenvalue weighted by atomic mass is 16.5. The minimum atomic E-state index is -1.13. The van der Waals surface area contributed by atoms with E-state index in [4.69, 9.17) is 4.74 Å². The molecule has 0 spiro atoms. The normalized spacial score (nSPS) is 12.0. The van der Waals surface area contributed by atoms with Gasteiger partial charge in [-0.05, 0) is 19.4 Å². The van der Waals surface area contributed by atoms with Gasteiger partial charge in [0.1, 0.15) is 11.9 Å². The molecule has 0 aliphatic rings. The minimum absolute atomic E-state index is 0.0819. The molecule has 0 aliphatic carbocycles. The van der Waals surface area contributed by atoms with Crippen LogP contribution in [0, 0.1) is 13.8 Å². The first kappa shape index (κ1) is 15.2. The van der Waals surface area contributed by atoms with Crippen molar-refractivity contribution >= 4 is 5.78 Å². The average molecular weight is 285 g/mol. The summed E-state index contributed by atoms with van der Waals surface area (Å²) in [6.07, 6.45) is 0.640. The van der Waals surface area contributed by atoms with Crippen LogP contribution in [0.2, 0.25) is 0 Å². The molecule has 0 fully saturated rings. The fourth-order valence-corrected chi connectivity index (χ4v) is 2.33. The van der Waals surface area contributed by atoms with Crippen LogP contribution in [-0.2, 0) is 11.2 Å². The predicted molar refractivity (Wildman–Crippen MR) is 80.4 cm³/mol. The first-order valence-corrected chi connectivity index (χ1v) is 6.79. The van der Waals surface area contributed by atoms with E-state index in [0.717, 1.165) is 16.9 Å². The van der Waals surface area contributed by atoms with Crippen LogP contribution in [0.25, 0.3) is 0 Å². The number of Topliss-reactive ketones (excluding diaryl/α,β-unsaturated/α-hetero) is 1. The van der Waals surface area contributed by atoms with E-state index in [1.807, 2.05) is 19.9 Å². The molecule has 0 bridgehead atoms. The van der Waals surface area contributed by atoms with E-state index in [1.165, 1.54) is 0 Å². The van der Waals surface area contributed by atoms with Crippen molar-refractivity contribution in [3.63, 3.8) is 0 Å². The molecule has 1 aromatic heterocycles. The summed E-state index contributed by atoms with van der Waals surface area (Å²) >= 11 is 0. The number of ether oxygens (including phenoxy) is 1. The number of benzene rings is 1. The van der Waals surface area contributed by atoms with Gasteiger partial charge in [0.15, 0.2) is 5.78 Å². The van der Waals surface area contributed by atoms with Gasteiger partial charge in [-0.1, -0.05) is 30.3 Å². The Morgan fingerprint density at radius 2 is 1.95 bits per heavy atom. The van der Waals surface area contributed by atoms with Crippen molar-refractivity contribution in [1.29, 1.82) is 0 Å². The van der Waals surface area contributed by atoms with Crippen LogP contribution in [0.15, 0.2) is 36.5 Å². The molecule has 1 heterocycles. The second-order valence-electron chi connectivity index (χ2n) is 5.00. The third kappa shape index (κ3) is 3.28. The van der Waals surface area contributed by atoms with Gasteiger partial charge in [-0.15, -0.1) is 0 Å². The van der Waals surface area contributed by atoms with Crippen molar-refractivity contribution in [2.45, 2.75) is 26.4 Å². The molecular formula is C17H19NO3. The van der Waals surface area contributed by atoms with Crippen LogP contribution in [-0.4, -0.2) is 23.0 Å². The maximum atomic E-state index is 12.2. The molecule has 1 atom stereocenters. The Hall–Kier alpha value is -2.20. The topological polar surface area (TPSA) is 59.4 Å². The number of hydrogen-bond donors (Lipinski definition) is 1. The number of carbonyl (C=O) groups excluding carboxylic acids is 1. The van der Waals surface area contributed by atoms with E-state index in [2.05, 4.69) is 4.98 Å². The largest absolute Gasteiger partial charge is 0.496 e. The summed E-state index contributed by atoms with van der Waals surface area (Å²) in [5, 5.41) is 10.1. The molecule has 110 valence electrons. The zero-order chi connectivity index (χ0) is 15.4. The Kier molecular flexibility index (Phi) is 4.70. The van der Waals surface area contributed by atoms with Crippen molar-refractivity contribution in [2.24, 2.45) is 0 Å². The third-order valence-corrected chi connectivity index (χ3v) is 3.51. The molecule has 1 unspecified atom stereocenters. The summed E-state index contributed by atoms with van der Waals surface area (Å²) in [5.41, 5.74) is 3.00. The number of nitrogens with zero attached hydrogens (tertiary/aromatic N) is 1. The molecule has 0 saturated heterocycles. The highest BCUT2D eigenvalue weighted by molar-refractivity contribution is 5.86. The molecule has 0 saturated carbocycles. The summed E-state index contributed by atoms with van der Waals surface area (Å²) in [6.45, 7) is 3.78. The number of aromatic nitrogens is 1. The highest BCUT2D eigenvalue weighted by Crippen LogP contribution is 2.25. The van der Waals surface area contributed by atoms with Crippen molar-refractivity contribution in [1.82, 2.24) is 4.98 Å². The van der Waals surface area contributed by atoms with Crippen LogP contribution >= 0.6 is 0 Å². The number of rotatable bonds is 5. The zero-order valence-electron chi connectivity index (χ0n) is 12.5. The molecule has 0 radical (unpaired) electrons. The van der Waals surface area contributed by atoms with Crippen LogP contribution in [0.1, 0.15) is 28.5 Å². The monoisotopic (exact) mass is 285 g/mol. The zero-order valence-corrected chi connectivity index (χ0v) is 12.5. The van der Waals surface area contributed by atoms with E-state index in [-0.39, 0.29) is 12.2 Å². The molecule has 4 heteroatoms. The molecule has 21 heavy (non-hydrogen) atoms. The quantitative estimate of drug-likeness (QED) is 0.917. The molecule has 1 N–H and O–H groups in total. The Morgan fingerprint density at radius 3 is 2.57 bits per heavy atom. The van der Waals surface area contributed by atoms with Gasteiger partial charge in [-0.25, -0.2) is 0 Å². The summed E-state index contributed by atoms with van der Waals surface area (Å²) < 4.78 is 5.33. The molecule has 0 aliphatic heterocycles. The molecular weight excluding hydrogens is 266 g/mol. The molecule has 2 rings (SSSR count). The van der Waals surface area contributed by atoms with Gasteiger partial charge in [-0.3, -0.25) is 9.78 Å². The predicted octanol–water partition coefficient (Wildman–Crippen LogP) is 2.55. The summed E-state index contributed by atoms with van der Waals surface area (Å²) in [6, 6.07) is 8.91. The van der Waals surface area contributed by atoms with E-state index in [1.54, 1.807) is 37.6 Å². The lowest BCUT2D eigenvalue weighted by Crippen LogP contribution is -2.16. The minimum Gasteiger partial charge on any atom is -0.496 e. The number of methoxy groups -OCH3 is 1. The number of aliphatic hydroxyl groups is 1. The maximum Gasteiger partial charge on any atom is 0.171 e. The standard InChI is InChI=1S/C17H19NO3/c1-11-10-18-14(12(2)17(11)21-3)9-15(19)16(20)13-7-5-4-6-8-13/h4-8,10,16,20H,9H2,1-3H3. The van der Waals surface area contributed by atoms with Gasteiger partial charge in [0.2, 0.25) is 0 Å². The Morgan fingerprint density at radius 1 is 1.29 bits per heavy atom. The number of pyridine rings is 1. The van der Waals surface area contributed by atoms with Gasteiger partial charge in [-0.2, -0.15) is 0 Å². The molecule has 0 amide bonds. The van der Waals surface area contributed by atoms with E-state index in [9.17, 15) is 9.90 Å². The number of aryl methyl sites for hydroxylation is 1.